The van der Waals surface area contributed by atoms with Gasteiger partial charge in [0.2, 0.25) is 0 Å². The van der Waals surface area contributed by atoms with Gasteiger partial charge < -0.3 is 10.5 Å². The van der Waals surface area contributed by atoms with E-state index in [0.717, 1.165) is 11.1 Å². The molecule has 0 saturated heterocycles. The molecule has 2 aromatic rings. The summed E-state index contributed by atoms with van der Waals surface area (Å²) in [5.41, 5.74) is 8.17. The Morgan fingerprint density at radius 1 is 1.21 bits per heavy atom. The summed E-state index contributed by atoms with van der Waals surface area (Å²) in [5.74, 6) is 0.226. The van der Waals surface area contributed by atoms with Gasteiger partial charge in [-0.2, -0.15) is 0 Å². The van der Waals surface area contributed by atoms with E-state index < -0.39 is 6.04 Å². The van der Waals surface area contributed by atoms with Gasteiger partial charge in [0.1, 0.15) is 11.6 Å². The maximum Gasteiger partial charge on any atom is 0.137 e. The van der Waals surface area contributed by atoms with Crippen LogP contribution in [0.2, 0.25) is 5.02 Å². The molecule has 4 heteroatoms. The lowest BCUT2D eigenvalue weighted by molar-refractivity contribution is 0.414. The van der Waals surface area contributed by atoms with Crippen molar-refractivity contribution >= 4 is 11.6 Å². The Morgan fingerprint density at radius 3 is 2.58 bits per heavy atom. The third kappa shape index (κ3) is 2.88. The highest BCUT2D eigenvalue weighted by Crippen LogP contribution is 2.30. The lowest BCUT2D eigenvalue weighted by Crippen LogP contribution is -2.13. The molecule has 0 radical (unpaired) electrons. The summed E-state index contributed by atoms with van der Waals surface area (Å²) in [6.07, 6.45) is 0. The number of aryl methyl sites for hydroxylation is 1. The van der Waals surface area contributed by atoms with Gasteiger partial charge >= 0.3 is 0 Å². The van der Waals surface area contributed by atoms with E-state index in [1.54, 1.807) is 24.3 Å². The first-order valence-electron chi connectivity index (χ1n) is 5.88. The quantitative estimate of drug-likeness (QED) is 0.926. The van der Waals surface area contributed by atoms with E-state index in [1.807, 2.05) is 13.0 Å². The van der Waals surface area contributed by atoms with Crippen molar-refractivity contribution in [2.75, 3.05) is 7.11 Å². The highest BCUT2D eigenvalue weighted by Gasteiger charge is 2.15. The molecule has 0 fully saturated rings. The highest BCUT2D eigenvalue weighted by atomic mass is 35.5. The van der Waals surface area contributed by atoms with Crippen molar-refractivity contribution in [1.29, 1.82) is 0 Å². The van der Waals surface area contributed by atoms with Crippen molar-refractivity contribution in [2.24, 2.45) is 5.73 Å². The van der Waals surface area contributed by atoms with E-state index >= 15 is 0 Å². The van der Waals surface area contributed by atoms with Gasteiger partial charge in [-0.05, 0) is 36.2 Å². The van der Waals surface area contributed by atoms with E-state index in [4.69, 9.17) is 22.1 Å². The molecule has 0 aliphatic rings. The average molecular weight is 280 g/mol. The molecule has 0 heterocycles. The largest absolute Gasteiger partial charge is 0.495 e. The Labute approximate surface area is 117 Å². The fourth-order valence-electron chi connectivity index (χ4n) is 1.93. The predicted octanol–water partition coefficient (Wildman–Crippen LogP) is 3.84. The smallest absolute Gasteiger partial charge is 0.137 e. The van der Waals surface area contributed by atoms with Crippen LogP contribution in [0.5, 0.6) is 5.75 Å². The number of hydrogen-bond acceptors (Lipinski definition) is 2. The summed E-state index contributed by atoms with van der Waals surface area (Å²) in [4.78, 5) is 0. The molecule has 1 unspecified atom stereocenters. The predicted molar refractivity (Wildman–Crippen MR) is 75.2 cm³/mol. The normalized spacial score (nSPS) is 12.3. The van der Waals surface area contributed by atoms with Crippen LogP contribution >= 0.6 is 11.6 Å². The first-order valence-corrected chi connectivity index (χ1v) is 6.26. The fraction of sp³-hybridized carbons (Fsp3) is 0.200. The van der Waals surface area contributed by atoms with Gasteiger partial charge in [0.25, 0.3) is 0 Å². The molecule has 0 amide bonds. The highest BCUT2D eigenvalue weighted by molar-refractivity contribution is 6.32. The van der Waals surface area contributed by atoms with Crippen LogP contribution < -0.4 is 10.5 Å². The van der Waals surface area contributed by atoms with Crippen LogP contribution in [-0.4, -0.2) is 7.11 Å². The molecule has 2 nitrogen and oxygen atoms in total. The second-order valence-corrected chi connectivity index (χ2v) is 4.80. The molecular formula is C15H15ClFNO. The van der Waals surface area contributed by atoms with Crippen molar-refractivity contribution in [1.82, 2.24) is 0 Å². The Bertz CT molecular complexity index is 601. The molecule has 2 N–H and O–H groups in total. The van der Waals surface area contributed by atoms with E-state index in [0.29, 0.717) is 16.3 Å². The van der Waals surface area contributed by atoms with Crippen LogP contribution in [0.4, 0.5) is 4.39 Å². The van der Waals surface area contributed by atoms with Gasteiger partial charge in [-0.3, -0.25) is 0 Å². The number of rotatable bonds is 3. The monoisotopic (exact) mass is 279 g/mol. The standard InChI is InChI=1S/C15H15ClFNO/c1-9-3-5-11(13(17)7-9)15(18)10-4-6-12(16)14(8-10)19-2/h3-8,15H,18H2,1-2H3. The summed E-state index contributed by atoms with van der Waals surface area (Å²) < 4.78 is 19.1. The topological polar surface area (TPSA) is 35.2 Å². The van der Waals surface area contributed by atoms with Crippen LogP contribution in [-0.2, 0) is 0 Å². The molecule has 100 valence electrons. The van der Waals surface area contributed by atoms with E-state index in [2.05, 4.69) is 0 Å². The van der Waals surface area contributed by atoms with Crippen LogP contribution in [0.3, 0.4) is 0 Å². The molecular weight excluding hydrogens is 265 g/mol. The number of ether oxygens (including phenoxy) is 1. The third-order valence-corrected chi connectivity index (χ3v) is 3.34. The van der Waals surface area contributed by atoms with Crippen molar-refractivity contribution in [3.63, 3.8) is 0 Å². The summed E-state index contributed by atoms with van der Waals surface area (Å²) in [5, 5.41) is 0.503. The van der Waals surface area contributed by atoms with Crippen LogP contribution in [0.25, 0.3) is 0 Å². The second kappa shape index (κ2) is 5.59. The Morgan fingerprint density at radius 2 is 1.95 bits per heavy atom. The summed E-state index contributed by atoms with van der Waals surface area (Å²) >= 11 is 5.96. The fourth-order valence-corrected chi connectivity index (χ4v) is 2.13. The molecule has 0 saturated carbocycles. The second-order valence-electron chi connectivity index (χ2n) is 4.40. The summed E-state index contributed by atoms with van der Waals surface area (Å²) in [6.45, 7) is 1.84. The SMILES string of the molecule is COc1cc(C(N)c2ccc(C)cc2F)ccc1Cl. The summed E-state index contributed by atoms with van der Waals surface area (Å²) in [7, 11) is 1.53. The van der Waals surface area contributed by atoms with Gasteiger partial charge in [-0.25, -0.2) is 4.39 Å². The van der Waals surface area contributed by atoms with Gasteiger partial charge in [0.05, 0.1) is 18.2 Å². The zero-order valence-corrected chi connectivity index (χ0v) is 11.5. The minimum atomic E-state index is -0.549. The Hall–Kier alpha value is -1.58. The third-order valence-electron chi connectivity index (χ3n) is 3.03. The molecule has 19 heavy (non-hydrogen) atoms. The van der Waals surface area contributed by atoms with Crippen molar-refractivity contribution in [3.05, 3.63) is 63.9 Å². The lowest BCUT2D eigenvalue weighted by Gasteiger charge is -2.15. The number of benzene rings is 2. The average Bonchev–Trinajstić information content (AvgIpc) is 2.38. The minimum Gasteiger partial charge on any atom is -0.495 e. The van der Waals surface area contributed by atoms with Crippen LogP contribution in [0.15, 0.2) is 36.4 Å². The van der Waals surface area contributed by atoms with Gasteiger partial charge in [0, 0.05) is 5.56 Å². The van der Waals surface area contributed by atoms with Crippen molar-refractivity contribution < 1.29 is 9.13 Å². The number of halogens is 2. The minimum absolute atomic E-state index is 0.304. The Balaban J connectivity index is 2.40. The van der Waals surface area contributed by atoms with E-state index in [-0.39, 0.29) is 5.82 Å². The molecule has 0 aliphatic heterocycles. The summed E-state index contributed by atoms with van der Waals surface area (Å²) in [6, 6.07) is 9.67. The number of methoxy groups -OCH3 is 1. The van der Waals surface area contributed by atoms with E-state index in [1.165, 1.54) is 13.2 Å². The zero-order valence-electron chi connectivity index (χ0n) is 10.8. The van der Waals surface area contributed by atoms with Gasteiger partial charge in [-0.15, -0.1) is 0 Å². The van der Waals surface area contributed by atoms with Crippen LogP contribution in [0, 0.1) is 12.7 Å². The number of nitrogens with two attached hydrogens (primary N) is 1. The molecule has 0 aromatic heterocycles. The van der Waals surface area contributed by atoms with Crippen molar-refractivity contribution in [2.45, 2.75) is 13.0 Å². The Kier molecular flexibility index (Phi) is 4.08. The van der Waals surface area contributed by atoms with Gasteiger partial charge in [0.15, 0.2) is 0 Å². The molecule has 0 bridgehead atoms. The maximum absolute atomic E-state index is 13.9. The zero-order chi connectivity index (χ0) is 14.0. The first kappa shape index (κ1) is 13.8. The van der Waals surface area contributed by atoms with E-state index in [9.17, 15) is 4.39 Å². The molecule has 1 atom stereocenters. The number of hydrogen-bond donors (Lipinski definition) is 1. The molecule has 2 aromatic carbocycles. The molecule has 2 rings (SSSR count). The van der Waals surface area contributed by atoms with Gasteiger partial charge in [-0.1, -0.05) is 29.8 Å². The lowest BCUT2D eigenvalue weighted by atomic mass is 9.98. The van der Waals surface area contributed by atoms with Crippen molar-refractivity contribution in [3.8, 4) is 5.75 Å². The van der Waals surface area contributed by atoms with Crippen LogP contribution in [0.1, 0.15) is 22.7 Å². The molecule has 0 aliphatic carbocycles. The maximum atomic E-state index is 13.9. The molecule has 0 spiro atoms. The first-order chi connectivity index (χ1) is 9.02.